The zero-order valence-corrected chi connectivity index (χ0v) is 16.2. The molecule has 136 valence electrons. The molecule has 1 atom stereocenters. The van der Waals surface area contributed by atoms with Gasteiger partial charge in [-0.1, -0.05) is 23.9 Å². The molecule has 0 fully saturated rings. The summed E-state index contributed by atoms with van der Waals surface area (Å²) in [5, 5.41) is 13.9. The fourth-order valence-corrected chi connectivity index (χ4v) is 3.94. The van der Waals surface area contributed by atoms with Crippen molar-refractivity contribution >= 4 is 34.1 Å². The standard InChI is InChI=1S/C17H18FN5OS2/c1-4-23-14(12-6-5-7-13(18)8-12)21-22-17(23)26-11(3)15(24)20-16-19-10(2)9-25-16/h5-9,11H,4H2,1-3H3,(H,19,20,24)/t11-/m0/s1. The van der Waals surface area contributed by atoms with Gasteiger partial charge in [-0.15, -0.1) is 21.5 Å². The summed E-state index contributed by atoms with van der Waals surface area (Å²) in [6.07, 6.45) is 0. The van der Waals surface area contributed by atoms with Gasteiger partial charge in [-0.3, -0.25) is 4.79 Å². The summed E-state index contributed by atoms with van der Waals surface area (Å²) in [7, 11) is 0. The minimum absolute atomic E-state index is 0.151. The van der Waals surface area contributed by atoms with E-state index in [2.05, 4.69) is 20.5 Å². The molecule has 0 saturated heterocycles. The molecule has 0 spiro atoms. The van der Waals surface area contributed by atoms with Gasteiger partial charge in [0, 0.05) is 17.5 Å². The lowest BCUT2D eigenvalue weighted by molar-refractivity contribution is -0.115. The van der Waals surface area contributed by atoms with Crippen LogP contribution in [0, 0.1) is 12.7 Å². The molecule has 3 rings (SSSR count). The second-order valence-corrected chi connectivity index (χ2v) is 7.77. The van der Waals surface area contributed by atoms with Crippen molar-refractivity contribution in [2.24, 2.45) is 0 Å². The van der Waals surface area contributed by atoms with E-state index in [-0.39, 0.29) is 17.0 Å². The predicted octanol–water partition coefficient (Wildman–Crippen LogP) is 3.99. The fraction of sp³-hybridized carbons (Fsp3) is 0.294. The average molecular weight is 391 g/mol. The van der Waals surface area contributed by atoms with Crippen molar-refractivity contribution in [3.05, 3.63) is 41.2 Å². The molecule has 0 aliphatic carbocycles. The highest BCUT2D eigenvalue weighted by Gasteiger charge is 2.21. The Morgan fingerprint density at radius 1 is 1.42 bits per heavy atom. The highest BCUT2D eigenvalue weighted by molar-refractivity contribution is 8.00. The molecule has 2 heterocycles. The van der Waals surface area contributed by atoms with Crippen LogP contribution in [0.25, 0.3) is 11.4 Å². The number of benzene rings is 1. The number of carbonyl (C=O) groups is 1. The molecular formula is C17H18FN5OS2. The Morgan fingerprint density at radius 2 is 2.23 bits per heavy atom. The van der Waals surface area contributed by atoms with Crippen LogP contribution in [-0.2, 0) is 11.3 Å². The number of hydrogen-bond acceptors (Lipinski definition) is 6. The highest BCUT2D eigenvalue weighted by atomic mass is 32.2. The number of carbonyl (C=O) groups excluding carboxylic acids is 1. The van der Waals surface area contributed by atoms with E-state index >= 15 is 0 Å². The molecule has 2 aromatic heterocycles. The highest BCUT2D eigenvalue weighted by Crippen LogP contribution is 2.28. The Balaban J connectivity index is 1.76. The van der Waals surface area contributed by atoms with E-state index < -0.39 is 0 Å². The van der Waals surface area contributed by atoms with E-state index in [4.69, 9.17) is 0 Å². The smallest absolute Gasteiger partial charge is 0.239 e. The van der Waals surface area contributed by atoms with Gasteiger partial charge in [-0.25, -0.2) is 9.37 Å². The topological polar surface area (TPSA) is 72.7 Å². The largest absolute Gasteiger partial charge is 0.302 e. The monoisotopic (exact) mass is 391 g/mol. The second kappa shape index (κ2) is 7.96. The number of aryl methyl sites for hydroxylation is 1. The van der Waals surface area contributed by atoms with Crippen LogP contribution in [0.2, 0.25) is 0 Å². The van der Waals surface area contributed by atoms with Crippen molar-refractivity contribution in [2.75, 3.05) is 5.32 Å². The van der Waals surface area contributed by atoms with Gasteiger partial charge in [-0.2, -0.15) is 0 Å². The van der Waals surface area contributed by atoms with Crippen LogP contribution in [0.5, 0.6) is 0 Å². The summed E-state index contributed by atoms with van der Waals surface area (Å²) < 4.78 is 15.4. The maximum atomic E-state index is 13.5. The van der Waals surface area contributed by atoms with E-state index in [1.807, 2.05) is 23.8 Å². The van der Waals surface area contributed by atoms with Crippen molar-refractivity contribution in [3.8, 4) is 11.4 Å². The van der Waals surface area contributed by atoms with Crippen molar-refractivity contribution < 1.29 is 9.18 Å². The number of halogens is 1. The molecule has 0 saturated carbocycles. The average Bonchev–Trinajstić information content (AvgIpc) is 3.20. The van der Waals surface area contributed by atoms with Crippen LogP contribution in [0.3, 0.4) is 0 Å². The Morgan fingerprint density at radius 3 is 2.88 bits per heavy atom. The normalized spacial score (nSPS) is 12.2. The lowest BCUT2D eigenvalue weighted by Crippen LogP contribution is -2.22. The molecule has 0 bridgehead atoms. The Labute approximate surface area is 158 Å². The number of anilines is 1. The molecule has 6 nitrogen and oxygen atoms in total. The van der Waals surface area contributed by atoms with E-state index in [1.165, 1.54) is 35.2 Å². The number of aromatic nitrogens is 4. The molecule has 9 heteroatoms. The maximum Gasteiger partial charge on any atom is 0.239 e. The minimum Gasteiger partial charge on any atom is -0.302 e. The zero-order valence-electron chi connectivity index (χ0n) is 14.6. The van der Waals surface area contributed by atoms with E-state index in [9.17, 15) is 9.18 Å². The van der Waals surface area contributed by atoms with Gasteiger partial charge in [0.1, 0.15) is 5.82 Å². The number of hydrogen-bond donors (Lipinski definition) is 1. The lowest BCUT2D eigenvalue weighted by Gasteiger charge is -2.11. The summed E-state index contributed by atoms with van der Waals surface area (Å²) in [6, 6.07) is 6.23. The molecule has 1 N–H and O–H groups in total. The maximum absolute atomic E-state index is 13.5. The molecule has 0 unspecified atom stereocenters. The first-order valence-electron chi connectivity index (χ1n) is 8.06. The minimum atomic E-state index is -0.380. The van der Waals surface area contributed by atoms with Crippen LogP contribution >= 0.6 is 23.1 Å². The summed E-state index contributed by atoms with van der Waals surface area (Å²) in [6.45, 7) is 6.25. The number of nitrogens with zero attached hydrogens (tertiary/aromatic N) is 4. The summed E-state index contributed by atoms with van der Waals surface area (Å²) in [4.78, 5) is 16.6. The number of rotatable bonds is 6. The second-order valence-electron chi connectivity index (χ2n) is 5.60. The molecular weight excluding hydrogens is 373 g/mol. The third-order valence-electron chi connectivity index (χ3n) is 3.62. The van der Waals surface area contributed by atoms with Crippen molar-refractivity contribution in [1.29, 1.82) is 0 Å². The number of thioether (sulfide) groups is 1. The quantitative estimate of drug-likeness (QED) is 0.643. The van der Waals surface area contributed by atoms with Crippen LogP contribution < -0.4 is 5.32 Å². The molecule has 0 aliphatic rings. The number of amides is 1. The van der Waals surface area contributed by atoms with Crippen LogP contribution in [-0.4, -0.2) is 30.9 Å². The summed E-state index contributed by atoms with van der Waals surface area (Å²) >= 11 is 2.70. The number of nitrogens with one attached hydrogen (secondary N) is 1. The van der Waals surface area contributed by atoms with Gasteiger partial charge in [0.25, 0.3) is 0 Å². The van der Waals surface area contributed by atoms with Gasteiger partial charge in [-0.05, 0) is 32.9 Å². The van der Waals surface area contributed by atoms with Crippen molar-refractivity contribution in [2.45, 2.75) is 37.7 Å². The van der Waals surface area contributed by atoms with Crippen molar-refractivity contribution in [1.82, 2.24) is 19.7 Å². The van der Waals surface area contributed by atoms with Gasteiger partial charge >= 0.3 is 0 Å². The number of thiazole rings is 1. The molecule has 1 aromatic carbocycles. The third kappa shape index (κ3) is 4.10. The van der Waals surface area contributed by atoms with Gasteiger partial charge in [0.05, 0.1) is 10.9 Å². The third-order valence-corrected chi connectivity index (χ3v) is 5.57. The van der Waals surface area contributed by atoms with E-state index in [0.717, 1.165) is 5.69 Å². The molecule has 3 aromatic rings. The van der Waals surface area contributed by atoms with Gasteiger partial charge in [0.2, 0.25) is 5.91 Å². The first-order chi connectivity index (χ1) is 12.5. The SMILES string of the molecule is CCn1c(S[C@@H](C)C(=O)Nc2nc(C)cs2)nnc1-c1cccc(F)c1. The zero-order chi connectivity index (χ0) is 18.7. The Kier molecular flexibility index (Phi) is 5.67. The van der Waals surface area contributed by atoms with Crippen LogP contribution in [0.15, 0.2) is 34.8 Å². The first kappa shape index (κ1) is 18.5. The van der Waals surface area contributed by atoms with E-state index in [1.54, 1.807) is 19.1 Å². The summed E-state index contributed by atoms with van der Waals surface area (Å²) in [5.41, 5.74) is 1.53. The van der Waals surface area contributed by atoms with Gasteiger partial charge in [0.15, 0.2) is 16.1 Å². The molecule has 0 radical (unpaired) electrons. The van der Waals surface area contributed by atoms with E-state index in [0.29, 0.717) is 28.2 Å². The van der Waals surface area contributed by atoms with Crippen LogP contribution in [0.1, 0.15) is 19.5 Å². The van der Waals surface area contributed by atoms with Gasteiger partial charge < -0.3 is 9.88 Å². The van der Waals surface area contributed by atoms with Crippen molar-refractivity contribution in [3.63, 3.8) is 0 Å². The summed E-state index contributed by atoms with van der Waals surface area (Å²) in [5.74, 6) is 0.105. The first-order valence-corrected chi connectivity index (χ1v) is 9.82. The Bertz CT molecular complexity index is 924. The Hall–Kier alpha value is -2.26. The lowest BCUT2D eigenvalue weighted by atomic mass is 10.2. The predicted molar refractivity (Wildman–Crippen MR) is 102 cm³/mol. The molecule has 0 aliphatic heterocycles. The van der Waals surface area contributed by atoms with Crippen LogP contribution in [0.4, 0.5) is 9.52 Å². The molecule has 1 amide bonds. The molecule has 26 heavy (non-hydrogen) atoms. The fourth-order valence-electron chi connectivity index (χ4n) is 2.33.